The molecular formula is C19H22N3O2+. The number of rotatable bonds is 7. The summed E-state index contributed by atoms with van der Waals surface area (Å²) in [5, 5.41) is 14.2. The largest absolute Gasteiger partial charge is 0.463 e. The Bertz CT molecular complexity index is 717. The van der Waals surface area contributed by atoms with E-state index in [2.05, 4.69) is 11.4 Å². The predicted molar refractivity (Wildman–Crippen MR) is 88.7 cm³/mol. The molecule has 124 valence electrons. The molecule has 1 heterocycles. The first-order valence-electron chi connectivity index (χ1n) is 8.26. The van der Waals surface area contributed by atoms with Gasteiger partial charge in [-0.3, -0.25) is 4.79 Å². The van der Waals surface area contributed by atoms with E-state index in [0.29, 0.717) is 0 Å². The normalized spacial score (nSPS) is 17.5. The fourth-order valence-corrected chi connectivity index (χ4v) is 2.99. The highest BCUT2D eigenvalue weighted by Crippen LogP contribution is 2.39. The van der Waals surface area contributed by atoms with Crippen molar-refractivity contribution in [2.45, 2.75) is 31.3 Å². The van der Waals surface area contributed by atoms with Crippen molar-refractivity contribution in [3.8, 4) is 6.07 Å². The molecule has 24 heavy (non-hydrogen) atoms. The number of hydrogen-bond acceptors (Lipinski definition) is 3. The SMILES string of the molecule is C[C@@](C#N)(NC(=O)C[NH2+][C@@H](c1ccccc1)c1ccco1)C1CC1. The zero-order valence-electron chi connectivity index (χ0n) is 13.7. The highest BCUT2D eigenvalue weighted by Gasteiger charge is 2.43. The zero-order valence-corrected chi connectivity index (χ0v) is 13.7. The van der Waals surface area contributed by atoms with Crippen molar-refractivity contribution in [1.29, 1.82) is 5.26 Å². The molecule has 0 spiro atoms. The lowest BCUT2D eigenvalue weighted by Gasteiger charge is -2.23. The van der Waals surface area contributed by atoms with Crippen LogP contribution in [-0.4, -0.2) is 18.0 Å². The zero-order chi connectivity index (χ0) is 17.0. The summed E-state index contributed by atoms with van der Waals surface area (Å²) in [7, 11) is 0. The minimum absolute atomic E-state index is 0.0822. The van der Waals surface area contributed by atoms with Gasteiger partial charge in [0.15, 0.2) is 18.3 Å². The Morgan fingerprint density at radius 1 is 1.38 bits per heavy atom. The molecule has 2 aromatic rings. The monoisotopic (exact) mass is 324 g/mol. The molecule has 3 N–H and O–H groups in total. The third kappa shape index (κ3) is 3.66. The molecule has 2 atom stereocenters. The molecule has 5 heteroatoms. The van der Waals surface area contributed by atoms with Crippen LogP contribution < -0.4 is 10.6 Å². The summed E-state index contributed by atoms with van der Waals surface area (Å²) in [5.41, 5.74) is 0.322. The number of nitriles is 1. The average Bonchev–Trinajstić information content (AvgIpc) is 3.33. The maximum atomic E-state index is 12.3. The summed E-state index contributed by atoms with van der Waals surface area (Å²) in [4.78, 5) is 12.3. The topological polar surface area (TPSA) is 82.6 Å². The smallest absolute Gasteiger partial charge is 0.276 e. The highest BCUT2D eigenvalue weighted by atomic mass is 16.3. The van der Waals surface area contributed by atoms with Gasteiger partial charge in [0.2, 0.25) is 0 Å². The Morgan fingerprint density at radius 3 is 2.71 bits per heavy atom. The van der Waals surface area contributed by atoms with E-state index in [1.54, 1.807) is 6.26 Å². The van der Waals surface area contributed by atoms with Crippen LogP contribution in [0.5, 0.6) is 0 Å². The number of benzene rings is 1. The van der Waals surface area contributed by atoms with Gasteiger partial charge >= 0.3 is 0 Å². The third-order valence-electron chi connectivity index (χ3n) is 4.57. The van der Waals surface area contributed by atoms with Gasteiger partial charge < -0.3 is 15.1 Å². The van der Waals surface area contributed by atoms with Gasteiger partial charge in [-0.1, -0.05) is 30.3 Å². The number of amides is 1. The standard InChI is InChI=1S/C19H21N3O2/c1-19(13-20,15-9-10-15)22-17(23)12-21-18(16-8-5-11-24-16)14-6-3-2-4-7-14/h2-8,11,15,18,21H,9-10,12H2,1H3,(H,22,23)/p+1/t18-,19-/m0/s1. The number of carbonyl (C=O) groups excluding carboxylic acids is 1. The maximum absolute atomic E-state index is 12.3. The summed E-state index contributed by atoms with van der Waals surface area (Å²) >= 11 is 0. The lowest BCUT2D eigenvalue weighted by molar-refractivity contribution is -0.678. The molecule has 1 aliphatic rings. The molecule has 1 saturated carbocycles. The molecule has 0 saturated heterocycles. The van der Waals surface area contributed by atoms with E-state index >= 15 is 0 Å². The van der Waals surface area contributed by atoms with Gasteiger partial charge in [0.25, 0.3) is 5.91 Å². The van der Waals surface area contributed by atoms with Gasteiger partial charge in [-0.15, -0.1) is 0 Å². The summed E-state index contributed by atoms with van der Waals surface area (Å²) in [6.07, 6.45) is 3.65. The van der Waals surface area contributed by atoms with Crippen molar-refractivity contribution in [2.24, 2.45) is 5.92 Å². The van der Waals surface area contributed by atoms with E-state index in [-0.39, 0.29) is 24.4 Å². The molecule has 1 aromatic carbocycles. The van der Waals surface area contributed by atoms with E-state index in [1.165, 1.54) is 0 Å². The molecule has 1 fully saturated rings. The first-order valence-corrected chi connectivity index (χ1v) is 8.26. The Balaban J connectivity index is 1.66. The lowest BCUT2D eigenvalue weighted by atomic mass is 9.98. The molecule has 1 aromatic heterocycles. The second-order valence-corrected chi connectivity index (χ2v) is 6.48. The Kier molecular flexibility index (Phi) is 4.68. The number of nitrogens with two attached hydrogens (primary N) is 1. The number of nitrogens with zero attached hydrogens (tertiary/aromatic N) is 1. The average molecular weight is 324 g/mol. The van der Waals surface area contributed by atoms with Crippen LogP contribution in [0.25, 0.3) is 0 Å². The molecule has 3 rings (SSSR count). The highest BCUT2D eigenvalue weighted by molar-refractivity contribution is 5.78. The van der Waals surface area contributed by atoms with Crippen LogP contribution in [0, 0.1) is 17.2 Å². The van der Waals surface area contributed by atoms with E-state index in [0.717, 1.165) is 24.2 Å². The van der Waals surface area contributed by atoms with Gasteiger partial charge in [0, 0.05) is 5.56 Å². The number of quaternary nitrogens is 1. The van der Waals surface area contributed by atoms with Crippen molar-refractivity contribution in [3.63, 3.8) is 0 Å². The summed E-state index contributed by atoms with van der Waals surface area (Å²) in [5.74, 6) is 0.958. The molecular weight excluding hydrogens is 302 g/mol. The molecule has 0 aliphatic heterocycles. The van der Waals surface area contributed by atoms with Gasteiger partial charge in [-0.05, 0) is 37.8 Å². The van der Waals surface area contributed by atoms with Gasteiger partial charge in [0.1, 0.15) is 5.54 Å². The van der Waals surface area contributed by atoms with Crippen LogP contribution in [0.15, 0.2) is 53.1 Å². The van der Waals surface area contributed by atoms with Gasteiger partial charge in [-0.25, -0.2) is 0 Å². The number of nitrogens with one attached hydrogen (secondary N) is 1. The second kappa shape index (κ2) is 6.90. The minimum Gasteiger partial charge on any atom is -0.463 e. The van der Waals surface area contributed by atoms with E-state index in [9.17, 15) is 10.1 Å². The Hall–Kier alpha value is -2.58. The third-order valence-corrected chi connectivity index (χ3v) is 4.57. The van der Waals surface area contributed by atoms with Crippen LogP contribution in [0.3, 0.4) is 0 Å². The number of carbonyl (C=O) groups is 1. The fourth-order valence-electron chi connectivity index (χ4n) is 2.99. The molecule has 0 bridgehead atoms. The van der Waals surface area contributed by atoms with Gasteiger partial charge in [0.05, 0.1) is 12.3 Å². The molecule has 5 nitrogen and oxygen atoms in total. The summed E-state index contributed by atoms with van der Waals surface area (Å²) in [6.45, 7) is 2.05. The summed E-state index contributed by atoms with van der Waals surface area (Å²) < 4.78 is 5.54. The van der Waals surface area contributed by atoms with Crippen molar-refractivity contribution in [2.75, 3.05) is 6.54 Å². The van der Waals surface area contributed by atoms with Crippen LogP contribution in [0.1, 0.15) is 37.1 Å². The minimum atomic E-state index is -0.752. The Morgan fingerprint density at radius 2 is 2.12 bits per heavy atom. The van der Waals surface area contributed by atoms with E-state index in [1.807, 2.05) is 54.7 Å². The van der Waals surface area contributed by atoms with Crippen LogP contribution >= 0.6 is 0 Å². The van der Waals surface area contributed by atoms with E-state index < -0.39 is 5.54 Å². The van der Waals surface area contributed by atoms with Crippen molar-refractivity contribution in [1.82, 2.24) is 5.32 Å². The van der Waals surface area contributed by atoms with Crippen molar-refractivity contribution < 1.29 is 14.5 Å². The quantitative estimate of drug-likeness (QED) is 0.814. The van der Waals surface area contributed by atoms with Gasteiger partial charge in [-0.2, -0.15) is 5.26 Å². The van der Waals surface area contributed by atoms with Crippen molar-refractivity contribution >= 4 is 5.91 Å². The predicted octanol–water partition coefficient (Wildman–Crippen LogP) is 1.74. The Labute approximate surface area is 141 Å². The maximum Gasteiger partial charge on any atom is 0.276 e. The molecule has 0 unspecified atom stereocenters. The molecule has 0 radical (unpaired) electrons. The second-order valence-electron chi connectivity index (χ2n) is 6.48. The first-order chi connectivity index (χ1) is 11.6. The fraction of sp³-hybridized carbons (Fsp3) is 0.368. The number of hydrogen-bond donors (Lipinski definition) is 2. The summed E-state index contributed by atoms with van der Waals surface area (Å²) in [6, 6.07) is 15.9. The van der Waals surface area contributed by atoms with Crippen LogP contribution in [0.4, 0.5) is 0 Å². The lowest BCUT2D eigenvalue weighted by Crippen LogP contribution is -2.88. The van der Waals surface area contributed by atoms with Crippen LogP contribution in [-0.2, 0) is 4.79 Å². The van der Waals surface area contributed by atoms with Crippen LogP contribution in [0.2, 0.25) is 0 Å². The van der Waals surface area contributed by atoms with E-state index in [4.69, 9.17) is 4.42 Å². The first kappa shape index (κ1) is 16.3. The molecule has 1 aliphatic carbocycles. The number of furan rings is 1. The van der Waals surface area contributed by atoms with Crippen molar-refractivity contribution in [3.05, 3.63) is 60.1 Å². The molecule has 1 amide bonds.